The third-order valence-electron chi connectivity index (χ3n) is 3.35. The molecule has 0 spiro atoms. The molecule has 1 atom stereocenters. The quantitative estimate of drug-likeness (QED) is 0.608. The molecule has 2 aromatic rings. The van der Waals surface area contributed by atoms with E-state index in [0.717, 1.165) is 35.8 Å². The summed E-state index contributed by atoms with van der Waals surface area (Å²) in [6, 6.07) is 1.84. The lowest BCUT2D eigenvalue weighted by Gasteiger charge is -2.21. The molecule has 28 heavy (non-hydrogen) atoms. The molecule has 0 aliphatic heterocycles. The molecule has 1 aromatic carbocycles. The van der Waals surface area contributed by atoms with E-state index in [1.165, 1.54) is 0 Å². The fraction of sp³-hybridized carbons (Fsp3) is 0.333. The number of sulfonamides is 1. The van der Waals surface area contributed by atoms with Crippen molar-refractivity contribution in [3.63, 3.8) is 0 Å². The van der Waals surface area contributed by atoms with E-state index in [2.05, 4.69) is 25.6 Å². The zero-order valence-electron chi connectivity index (χ0n) is 15.0. The fourth-order valence-corrected chi connectivity index (χ4v) is 3.60. The summed E-state index contributed by atoms with van der Waals surface area (Å²) >= 11 is 0.760. The maximum absolute atomic E-state index is 13.8. The molecule has 1 aromatic heterocycles. The summed E-state index contributed by atoms with van der Waals surface area (Å²) in [4.78, 5) is 24.7. The van der Waals surface area contributed by atoms with Gasteiger partial charge in [-0.3, -0.25) is 19.6 Å². The maximum atomic E-state index is 13.8. The second-order valence-electron chi connectivity index (χ2n) is 6.07. The van der Waals surface area contributed by atoms with Crippen molar-refractivity contribution in [2.75, 3.05) is 16.3 Å². The zero-order chi connectivity index (χ0) is 21.1. The lowest BCUT2D eigenvalue weighted by molar-refractivity contribution is -0.118. The highest BCUT2D eigenvalue weighted by Crippen LogP contribution is 2.21. The van der Waals surface area contributed by atoms with E-state index >= 15 is 0 Å². The molecule has 1 heterocycles. The SMILES string of the molecule is CC(C)[C@H](NC(=O)c1c(F)cccc1F)C(=O)Nc1nnc(NS(C)(=O)=O)s1. The minimum Gasteiger partial charge on any atom is -0.340 e. The van der Waals surface area contributed by atoms with Gasteiger partial charge in [0.05, 0.1) is 6.26 Å². The van der Waals surface area contributed by atoms with Crippen LogP contribution in [0.5, 0.6) is 0 Å². The molecule has 0 fully saturated rings. The van der Waals surface area contributed by atoms with Crippen LogP contribution in [0.2, 0.25) is 0 Å². The maximum Gasteiger partial charge on any atom is 0.257 e. The number of carbonyl (C=O) groups is 2. The highest BCUT2D eigenvalue weighted by Gasteiger charge is 2.28. The lowest BCUT2D eigenvalue weighted by atomic mass is 10.0. The second kappa shape index (κ2) is 8.56. The van der Waals surface area contributed by atoms with Crippen molar-refractivity contribution in [1.82, 2.24) is 15.5 Å². The number of halogens is 2. The second-order valence-corrected chi connectivity index (χ2v) is 8.79. The average molecular weight is 433 g/mol. The third-order valence-corrected chi connectivity index (χ3v) is 4.80. The van der Waals surface area contributed by atoms with Crippen molar-refractivity contribution >= 4 is 43.4 Å². The summed E-state index contributed by atoms with van der Waals surface area (Å²) in [5.41, 5.74) is -0.795. The van der Waals surface area contributed by atoms with Gasteiger partial charge in [-0.15, -0.1) is 10.2 Å². The molecule has 0 saturated heterocycles. The van der Waals surface area contributed by atoms with Crippen LogP contribution in [0.4, 0.5) is 19.0 Å². The van der Waals surface area contributed by atoms with Crippen LogP contribution in [0, 0.1) is 17.6 Å². The number of carbonyl (C=O) groups excluding carboxylic acids is 2. The predicted octanol–water partition coefficient (Wildman–Crippen LogP) is 1.58. The van der Waals surface area contributed by atoms with Gasteiger partial charge in [0.25, 0.3) is 5.91 Å². The van der Waals surface area contributed by atoms with Gasteiger partial charge in [0.15, 0.2) is 0 Å². The molecule has 13 heteroatoms. The van der Waals surface area contributed by atoms with Crippen molar-refractivity contribution < 1.29 is 26.8 Å². The Balaban J connectivity index is 2.13. The lowest BCUT2D eigenvalue weighted by Crippen LogP contribution is -2.47. The number of nitrogens with one attached hydrogen (secondary N) is 3. The predicted molar refractivity (Wildman–Crippen MR) is 99.5 cm³/mol. The largest absolute Gasteiger partial charge is 0.340 e. The Labute approximate surface area is 163 Å². The minimum absolute atomic E-state index is 0.0203. The van der Waals surface area contributed by atoms with Crippen molar-refractivity contribution in [2.24, 2.45) is 5.92 Å². The first kappa shape index (κ1) is 21.6. The summed E-state index contributed by atoms with van der Waals surface area (Å²) in [5.74, 6) is -4.33. The minimum atomic E-state index is -3.56. The van der Waals surface area contributed by atoms with Crippen LogP contribution in [-0.2, 0) is 14.8 Å². The summed E-state index contributed by atoms with van der Waals surface area (Å²) in [5, 5.41) is 11.8. The molecule has 0 bridgehead atoms. The average Bonchev–Trinajstić information content (AvgIpc) is 2.96. The number of anilines is 2. The Hall–Kier alpha value is -2.67. The van der Waals surface area contributed by atoms with E-state index in [1.807, 2.05) is 0 Å². The number of amides is 2. The van der Waals surface area contributed by atoms with Gasteiger partial charge >= 0.3 is 0 Å². The molecule has 0 aliphatic rings. The summed E-state index contributed by atoms with van der Waals surface area (Å²) in [6.45, 7) is 3.25. The first-order valence-electron chi connectivity index (χ1n) is 7.85. The topological polar surface area (TPSA) is 130 Å². The van der Waals surface area contributed by atoms with E-state index in [9.17, 15) is 26.8 Å². The highest BCUT2D eigenvalue weighted by molar-refractivity contribution is 7.92. The molecular weight excluding hydrogens is 416 g/mol. The fourth-order valence-electron chi connectivity index (χ4n) is 2.12. The van der Waals surface area contributed by atoms with Crippen molar-refractivity contribution in [1.29, 1.82) is 0 Å². The monoisotopic (exact) mass is 433 g/mol. The normalized spacial score (nSPS) is 12.5. The van der Waals surface area contributed by atoms with Gasteiger partial charge in [-0.05, 0) is 18.1 Å². The Morgan fingerprint density at radius 2 is 1.68 bits per heavy atom. The van der Waals surface area contributed by atoms with Gasteiger partial charge < -0.3 is 5.32 Å². The van der Waals surface area contributed by atoms with Gasteiger partial charge in [-0.25, -0.2) is 17.2 Å². The van der Waals surface area contributed by atoms with Gasteiger partial charge in [0.2, 0.25) is 26.2 Å². The van der Waals surface area contributed by atoms with Gasteiger partial charge in [-0.1, -0.05) is 31.3 Å². The number of aromatic nitrogens is 2. The number of hydrogen-bond acceptors (Lipinski definition) is 7. The molecule has 3 N–H and O–H groups in total. The Morgan fingerprint density at radius 3 is 2.21 bits per heavy atom. The first-order valence-corrected chi connectivity index (χ1v) is 10.6. The van der Waals surface area contributed by atoms with E-state index in [0.29, 0.717) is 0 Å². The smallest absolute Gasteiger partial charge is 0.257 e. The van der Waals surface area contributed by atoms with Crippen LogP contribution in [0.3, 0.4) is 0 Å². The molecular formula is C15H17F2N5O4S2. The summed E-state index contributed by atoms with van der Waals surface area (Å²) in [6.07, 6.45) is 0.929. The van der Waals surface area contributed by atoms with Crippen molar-refractivity contribution in [3.8, 4) is 0 Å². The van der Waals surface area contributed by atoms with Crippen molar-refractivity contribution in [3.05, 3.63) is 35.4 Å². The molecule has 2 amide bonds. The molecule has 0 aliphatic carbocycles. The standard InChI is InChI=1S/C15H17F2N5O4S2/c1-7(2)11(18-12(23)10-8(16)5-4-6-9(10)17)13(24)19-14-20-21-15(27-14)22-28(3,25)26/h4-7,11H,1-3H3,(H,18,23)(H,21,22)(H,19,20,24)/t11-/m0/s1. The molecule has 2 rings (SSSR count). The van der Waals surface area contributed by atoms with Crippen LogP contribution >= 0.6 is 11.3 Å². The van der Waals surface area contributed by atoms with Gasteiger partial charge in [0, 0.05) is 0 Å². The Kier molecular flexibility index (Phi) is 6.61. The van der Waals surface area contributed by atoms with Gasteiger partial charge in [0.1, 0.15) is 23.2 Å². The number of rotatable bonds is 7. The van der Waals surface area contributed by atoms with Gasteiger partial charge in [-0.2, -0.15) is 0 Å². The summed E-state index contributed by atoms with van der Waals surface area (Å²) in [7, 11) is -3.56. The van der Waals surface area contributed by atoms with E-state index < -0.39 is 51.0 Å². The van der Waals surface area contributed by atoms with E-state index in [1.54, 1.807) is 13.8 Å². The number of nitrogens with zero attached hydrogens (tertiary/aromatic N) is 2. The molecule has 152 valence electrons. The molecule has 0 unspecified atom stereocenters. The first-order chi connectivity index (χ1) is 13.0. The van der Waals surface area contributed by atoms with Crippen LogP contribution in [0.15, 0.2) is 18.2 Å². The molecule has 0 saturated carbocycles. The van der Waals surface area contributed by atoms with Crippen molar-refractivity contribution in [2.45, 2.75) is 19.9 Å². The Bertz CT molecular complexity index is 974. The third kappa shape index (κ3) is 5.66. The van der Waals surface area contributed by atoms with Crippen LogP contribution < -0.4 is 15.4 Å². The molecule has 9 nitrogen and oxygen atoms in total. The van der Waals surface area contributed by atoms with E-state index in [4.69, 9.17) is 0 Å². The molecule has 0 radical (unpaired) electrons. The van der Waals surface area contributed by atoms with Crippen LogP contribution in [0.25, 0.3) is 0 Å². The van der Waals surface area contributed by atoms with Crippen LogP contribution in [0.1, 0.15) is 24.2 Å². The van der Waals surface area contributed by atoms with E-state index in [-0.39, 0.29) is 10.3 Å². The van der Waals surface area contributed by atoms with Crippen LogP contribution in [-0.4, -0.2) is 42.7 Å². The number of hydrogen-bond donors (Lipinski definition) is 3. The summed E-state index contributed by atoms with van der Waals surface area (Å²) < 4.78 is 52.0. The zero-order valence-corrected chi connectivity index (χ0v) is 16.6. The Morgan fingerprint density at radius 1 is 1.11 bits per heavy atom. The number of benzene rings is 1. The highest BCUT2D eigenvalue weighted by atomic mass is 32.2.